The van der Waals surface area contributed by atoms with Gasteiger partial charge < -0.3 is 4.98 Å². The zero-order chi connectivity index (χ0) is 15.1. The Hall–Kier alpha value is -1.69. The molecule has 20 heavy (non-hydrogen) atoms. The van der Waals surface area contributed by atoms with Crippen molar-refractivity contribution in [1.82, 2.24) is 9.97 Å². The molecule has 0 atom stereocenters. The maximum absolute atomic E-state index is 12.8. The quantitative estimate of drug-likeness (QED) is 0.770. The van der Waals surface area contributed by atoms with Gasteiger partial charge in [-0.3, -0.25) is 0 Å². The van der Waals surface area contributed by atoms with E-state index in [-0.39, 0.29) is 4.64 Å². The van der Waals surface area contributed by atoms with E-state index in [1.807, 2.05) is 32.9 Å². The van der Waals surface area contributed by atoms with Crippen LogP contribution in [0.25, 0.3) is 11.3 Å². The van der Waals surface area contributed by atoms with Crippen LogP contribution in [0.5, 0.6) is 0 Å². The van der Waals surface area contributed by atoms with Crippen molar-refractivity contribution in [2.75, 3.05) is 0 Å². The summed E-state index contributed by atoms with van der Waals surface area (Å²) in [6, 6.07) is 5.24. The fourth-order valence-corrected chi connectivity index (χ4v) is 2.20. The number of alkyl halides is 3. The summed E-state index contributed by atoms with van der Waals surface area (Å²) in [5.74, 6) is -1.07. The first kappa shape index (κ1) is 14.7. The third-order valence-electron chi connectivity index (χ3n) is 3.14. The first-order valence-corrected chi connectivity index (χ1v) is 6.36. The predicted octanol–water partition coefficient (Wildman–Crippen LogP) is 4.75. The summed E-state index contributed by atoms with van der Waals surface area (Å²) in [5.41, 5.74) is 4.02. The molecule has 0 fully saturated rings. The van der Waals surface area contributed by atoms with Crippen LogP contribution in [0.1, 0.15) is 22.5 Å². The summed E-state index contributed by atoms with van der Waals surface area (Å²) < 4.78 is 38.2. The number of rotatable bonds is 1. The highest BCUT2D eigenvalue weighted by atomic mass is 32.1. The molecular weight excluding hydrogens is 285 g/mol. The maximum atomic E-state index is 12.8. The van der Waals surface area contributed by atoms with Crippen LogP contribution >= 0.6 is 12.2 Å². The van der Waals surface area contributed by atoms with Gasteiger partial charge in [0.1, 0.15) is 4.64 Å². The number of H-pyrrole nitrogens is 1. The van der Waals surface area contributed by atoms with Crippen molar-refractivity contribution in [3.63, 3.8) is 0 Å². The SMILES string of the molecule is Cc1cc(C)c(-c2cc(=S)nc(C(F)(F)F)[nH]2)cc1C. The van der Waals surface area contributed by atoms with Gasteiger partial charge in [-0.2, -0.15) is 13.2 Å². The average Bonchev–Trinajstić information content (AvgIpc) is 2.32. The van der Waals surface area contributed by atoms with E-state index < -0.39 is 12.0 Å². The van der Waals surface area contributed by atoms with Crippen LogP contribution in [0.2, 0.25) is 0 Å². The number of aromatic amines is 1. The van der Waals surface area contributed by atoms with Crippen molar-refractivity contribution >= 4 is 12.2 Å². The lowest BCUT2D eigenvalue weighted by Gasteiger charge is -2.12. The number of aromatic nitrogens is 2. The summed E-state index contributed by atoms with van der Waals surface area (Å²) in [7, 11) is 0. The van der Waals surface area contributed by atoms with E-state index in [0.717, 1.165) is 16.7 Å². The molecule has 0 aliphatic carbocycles. The topological polar surface area (TPSA) is 28.7 Å². The van der Waals surface area contributed by atoms with E-state index in [4.69, 9.17) is 12.2 Å². The van der Waals surface area contributed by atoms with Gasteiger partial charge in [0.05, 0.1) is 5.69 Å². The Kier molecular flexibility index (Phi) is 3.69. The van der Waals surface area contributed by atoms with Crippen molar-refractivity contribution in [2.24, 2.45) is 0 Å². The molecule has 1 N–H and O–H groups in total. The molecular formula is C14H13F3N2S. The van der Waals surface area contributed by atoms with E-state index in [1.165, 1.54) is 6.07 Å². The third-order valence-corrected chi connectivity index (χ3v) is 3.35. The standard InChI is InChI=1S/C14H13F3N2S/c1-7-4-9(3)10(5-8(7)2)11-6-12(20)19-13(18-11)14(15,16)17/h4-6H,1-3H3,(H,18,19,20). The van der Waals surface area contributed by atoms with E-state index in [1.54, 1.807) is 0 Å². The van der Waals surface area contributed by atoms with Crippen LogP contribution < -0.4 is 0 Å². The van der Waals surface area contributed by atoms with Crippen LogP contribution in [0.3, 0.4) is 0 Å². The maximum Gasteiger partial charge on any atom is 0.449 e. The molecule has 0 amide bonds. The van der Waals surface area contributed by atoms with Crippen molar-refractivity contribution in [1.29, 1.82) is 0 Å². The van der Waals surface area contributed by atoms with E-state index in [9.17, 15) is 13.2 Å². The normalized spacial score (nSPS) is 11.7. The average molecular weight is 298 g/mol. The lowest BCUT2D eigenvalue weighted by Crippen LogP contribution is -2.11. The van der Waals surface area contributed by atoms with Gasteiger partial charge in [-0.1, -0.05) is 18.3 Å². The lowest BCUT2D eigenvalue weighted by molar-refractivity contribution is -0.144. The molecule has 0 radical (unpaired) electrons. The molecule has 1 heterocycles. The van der Waals surface area contributed by atoms with Crippen LogP contribution in [-0.2, 0) is 6.18 Å². The number of hydrogen-bond acceptors (Lipinski definition) is 2. The zero-order valence-corrected chi connectivity index (χ0v) is 12.0. The van der Waals surface area contributed by atoms with E-state index in [0.29, 0.717) is 11.3 Å². The minimum absolute atomic E-state index is 0.0799. The highest BCUT2D eigenvalue weighted by molar-refractivity contribution is 7.71. The van der Waals surface area contributed by atoms with Gasteiger partial charge in [0.15, 0.2) is 0 Å². The Morgan fingerprint density at radius 1 is 1.00 bits per heavy atom. The van der Waals surface area contributed by atoms with E-state index in [2.05, 4.69) is 9.97 Å². The number of benzene rings is 1. The van der Waals surface area contributed by atoms with Crippen LogP contribution in [0.4, 0.5) is 13.2 Å². The van der Waals surface area contributed by atoms with E-state index >= 15 is 0 Å². The van der Waals surface area contributed by atoms with Gasteiger partial charge in [-0.25, -0.2) is 4.98 Å². The molecule has 0 unspecified atom stereocenters. The predicted molar refractivity (Wildman–Crippen MR) is 74.1 cm³/mol. The van der Waals surface area contributed by atoms with Crippen molar-refractivity contribution in [3.05, 3.63) is 45.4 Å². The molecule has 2 aromatic rings. The number of nitrogens with one attached hydrogen (secondary N) is 1. The van der Waals surface area contributed by atoms with Crippen LogP contribution in [0.15, 0.2) is 18.2 Å². The molecule has 6 heteroatoms. The number of nitrogens with zero attached hydrogens (tertiary/aromatic N) is 1. The molecule has 2 nitrogen and oxygen atoms in total. The summed E-state index contributed by atoms with van der Waals surface area (Å²) in [6.07, 6.45) is -4.54. The Balaban J connectivity index is 2.68. The molecule has 0 spiro atoms. The molecule has 0 saturated carbocycles. The molecule has 0 aliphatic heterocycles. The number of hydrogen-bond donors (Lipinski definition) is 1. The summed E-state index contributed by atoms with van der Waals surface area (Å²) in [5, 5.41) is 0. The molecule has 106 valence electrons. The van der Waals surface area contributed by atoms with Crippen LogP contribution in [0, 0.1) is 25.4 Å². The molecule has 0 saturated heterocycles. The fourth-order valence-electron chi connectivity index (χ4n) is 1.99. The first-order valence-electron chi connectivity index (χ1n) is 5.95. The second-order valence-electron chi connectivity index (χ2n) is 4.73. The highest BCUT2D eigenvalue weighted by Gasteiger charge is 2.34. The van der Waals surface area contributed by atoms with Gasteiger partial charge in [-0.15, -0.1) is 0 Å². The second-order valence-corrected chi connectivity index (χ2v) is 5.15. The van der Waals surface area contributed by atoms with Gasteiger partial charge in [-0.05, 0) is 49.6 Å². The zero-order valence-electron chi connectivity index (χ0n) is 11.2. The van der Waals surface area contributed by atoms with Crippen molar-refractivity contribution in [2.45, 2.75) is 26.9 Å². The minimum atomic E-state index is -4.54. The Labute approximate surface area is 119 Å². The lowest BCUT2D eigenvalue weighted by atomic mass is 9.99. The van der Waals surface area contributed by atoms with Crippen LogP contribution in [-0.4, -0.2) is 9.97 Å². The first-order chi connectivity index (χ1) is 9.18. The fraction of sp³-hybridized carbons (Fsp3) is 0.286. The molecule has 0 aliphatic rings. The summed E-state index contributed by atoms with van der Waals surface area (Å²) in [6.45, 7) is 5.73. The van der Waals surface area contributed by atoms with Gasteiger partial charge in [0, 0.05) is 5.56 Å². The molecule has 1 aromatic heterocycles. The van der Waals surface area contributed by atoms with Gasteiger partial charge in [0.25, 0.3) is 0 Å². The van der Waals surface area contributed by atoms with Gasteiger partial charge in [0.2, 0.25) is 5.82 Å². The summed E-state index contributed by atoms with van der Waals surface area (Å²) in [4.78, 5) is 5.66. The Bertz CT molecular complexity index is 717. The third kappa shape index (κ3) is 2.90. The smallest absolute Gasteiger partial charge is 0.335 e. The Morgan fingerprint density at radius 3 is 2.20 bits per heavy atom. The number of aryl methyl sites for hydroxylation is 3. The highest BCUT2D eigenvalue weighted by Crippen LogP contribution is 2.30. The van der Waals surface area contributed by atoms with Crippen molar-refractivity contribution < 1.29 is 13.2 Å². The Morgan fingerprint density at radius 2 is 1.60 bits per heavy atom. The second kappa shape index (κ2) is 5.01. The van der Waals surface area contributed by atoms with Crippen molar-refractivity contribution in [3.8, 4) is 11.3 Å². The largest absolute Gasteiger partial charge is 0.449 e. The molecule has 2 rings (SSSR count). The molecule has 1 aromatic carbocycles. The number of halogens is 3. The van der Waals surface area contributed by atoms with Gasteiger partial charge >= 0.3 is 6.18 Å². The minimum Gasteiger partial charge on any atom is -0.335 e. The monoisotopic (exact) mass is 298 g/mol. The molecule has 0 bridgehead atoms. The summed E-state index contributed by atoms with van der Waals surface area (Å²) >= 11 is 4.83.